The smallest absolute Gasteiger partial charge is 0.331 e. The fraction of sp³-hybridized carbons (Fsp3) is 0.0476. The molecule has 0 aliphatic heterocycles. The van der Waals surface area contributed by atoms with Crippen LogP contribution in [0.3, 0.4) is 0 Å². The highest BCUT2D eigenvalue weighted by Crippen LogP contribution is 2.27. The van der Waals surface area contributed by atoms with Gasteiger partial charge in [0, 0.05) is 19.3 Å². The Bertz CT molecular complexity index is 1400. The van der Waals surface area contributed by atoms with Gasteiger partial charge in [0.15, 0.2) is 11.0 Å². The number of halogens is 1. The number of anilines is 2. The molecule has 0 spiro atoms. The van der Waals surface area contributed by atoms with E-state index in [4.69, 9.17) is 0 Å². The number of hydrogen-bond acceptors (Lipinski definition) is 6. The number of carbonyl (C=O) groups is 1. The van der Waals surface area contributed by atoms with Crippen LogP contribution in [0.5, 0.6) is 5.75 Å². The topological polar surface area (TPSA) is 112 Å². The Labute approximate surface area is 187 Å². The van der Waals surface area contributed by atoms with Gasteiger partial charge in [0.25, 0.3) is 5.56 Å². The van der Waals surface area contributed by atoms with E-state index in [1.54, 1.807) is 36.7 Å². The van der Waals surface area contributed by atoms with E-state index in [0.29, 0.717) is 15.3 Å². The lowest BCUT2D eigenvalue weighted by atomic mass is 10.1. The predicted octanol–water partition coefficient (Wildman–Crippen LogP) is 3.78. The first-order valence-corrected chi connectivity index (χ1v) is 11.3. The van der Waals surface area contributed by atoms with Crippen LogP contribution >= 0.6 is 11.3 Å². The van der Waals surface area contributed by atoms with Gasteiger partial charge in [-0.15, -0.1) is 11.3 Å². The molecule has 0 saturated heterocycles. The SMILES string of the molecule is CNc1cc2ccn(-c3ccc(NC(=O)NS(=O)c4cccs4)c(O)c3)c(=O)c2cc1F. The molecule has 0 aliphatic rings. The molecule has 4 rings (SSSR count). The minimum atomic E-state index is -1.72. The molecule has 2 heterocycles. The van der Waals surface area contributed by atoms with Gasteiger partial charge in [-0.3, -0.25) is 14.1 Å². The number of hydrogen-bond donors (Lipinski definition) is 4. The van der Waals surface area contributed by atoms with Crippen molar-refractivity contribution in [1.82, 2.24) is 9.29 Å². The Morgan fingerprint density at radius 2 is 1.97 bits per heavy atom. The quantitative estimate of drug-likeness (QED) is 0.330. The van der Waals surface area contributed by atoms with Gasteiger partial charge in [0.1, 0.15) is 15.8 Å². The Morgan fingerprint density at radius 1 is 1.16 bits per heavy atom. The minimum Gasteiger partial charge on any atom is -0.506 e. The number of aromatic nitrogens is 1. The molecule has 2 amide bonds. The van der Waals surface area contributed by atoms with Crippen molar-refractivity contribution in [1.29, 1.82) is 0 Å². The van der Waals surface area contributed by atoms with Crippen LogP contribution in [0.2, 0.25) is 0 Å². The largest absolute Gasteiger partial charge is 0.506 e. The van der Waals surface area contributed by atoms with E-state index < -0.39 is 28.4 Å². The molecule has 2 aromatic heterocycles. The summed E-state index contributed by atoms with van der Waals surface area (Å²) in [6.07, 6.45) is 1.51. The zero-order chi connectivity index (χ0) is 22.8. The lowest BCUT2D eigenvalue weighted by Gasteiger charge is -2.12. The Balaban J connectivity index is 1.58. The molecule has 164 valence electrons. The molecule has 2 aromatic carbocycles. The van der Waals surface area contributed by atoms with Crippen molar-refractivity contribution in [3.63, 3.8) is 0 Å². The molecule has 32 heavy (non-hydrogen) atoms. The van der Waals surface area contributed by atoms with E-state index in [0.717, 1.165) is 6.07 Å². The lowest BCUT2D eigenvalue weighted by Crippen LogP contribution is -2.30. The third-order valence-electron chi connectivity index (χ3n) is 4.63. The lowest BCUT2D eigenvalue weighted by molar-refractivity contribution is 0.256. The fourth-order valence-electron chi connectivity index (χ4n) is 3.09. The molecule has 0 fully saturated rings. The van der Waals surface area contributed by atoms with Crippen molar-refractivity contribution in [3.8, 4) is 11.4 Å². The second-order valence-corrected chi connectivity index (χ2v) is 9.01. The zero-order valence-electron chi connectivity index (χ0n) is 16.6. The van der Waals surface area contributed by atoms with E-state index in [-0.39, 0.29) is 22.5 Å². The van der Waals surface area contributed by atoms with Crippen molar-refractivity contribution in [3.05, 3.63) is 76.3 Å². The van der Waals surface area contributed by atoms with Crippen molar-refractivity contribution in [2.45, 2.75) is 4.21 Å². The third kappa shape index (κ3) is 4.20. The molecule has 0 radical (unpaired) electrons. The summed E-state index contributed by atoms with van der Waals surface area (Å²) < 4.78 is 30.2. The van der Waals surface area contributed by atoms with E-state index in [1.807, 2.05) is 0 Å². The molecule has 11 heteroatoms. The second kappa shape index (κ2) is 8.81. The van der Waals surface area contributed by atoms with Crippen molar-refractivity contribution < 1.29 is 18.5 Å². The van der Waals surface area contributed by atoms with Gasteiger partial charge in [-0.05, 0) is 47.2 Å². The van der Waals surface area contributed by atoms with E-state index >= 15 is 0 Å². The van der Waals surface area contributed by atoms with Gasteiger partial charge in [-0.25, -0.2) is 13.4 Å². The van der Waals surface area contributed by atoms with Crippen LogP contribution in [0.25, 0.3) is 16.5 Å². The van der Waals surface area contributed by atoms with Crippen LogP contribution in [0, 0.1) is 5.82 Å². The number of fused-ring (bicyclic) bond motifs is 1. The summed E-state index contributed by atoms with van der Waals surface area (Å²) in [5.74, 6) is -0.855. The zero-order valence-corrected chi connectivity index (χ0v) is 18.2. The van der Waals surface area contributed by atoms with Gasteiger partial charge in [-0.1, -0.05) is 6.07 Å². The van der Waals surface area contributed by atoms with Crippen LogP contribution in [-0.2, 0) is 11.0 Å². The average molecular weight is 473 g/mol. The van der Waals surface area contributed by atoms with Gasteiger partial charge >= 0.3 is 6.03 Å². The van der Waals surface area contributed by atoms with Crippen LogP contribution in [0.15, 0.2) is 69.1 Å². The number of thiophene rings is 1. The number of phenols is 1. The molecular weight excluding hydrogens is 455 g/mol. The first kappa shape index (κ1) is 21.5. The molecular formula is C21H17FN4O4S2. The summed E-state index contributed by atoms with van der Waals surface area (Å²) in [6, 6.07) is 11.1. The number of aromatic hydroxyl groups is 1. The van der Waals surface area contributed by atoms with Crippen LogP contribution in [-0.4, -0.2) is 27.0 Å². The van der Waals surface area contributed by atoms with Crippen LogP contribution in [0.4, 0.5) is 20.6 Å². The first-order chi connectivity index (χ1) is 15.4. The number of benzene rings is 2. The van der Waals surface area contributed by atoms with E-state index in [2.05, 4.69) is 15.4 Å². The Kier molecular flexibility index (Phi) is 5.93. The maximum absolute atomic E-state index is 14.1. The maximum Gasteiger partial charge on any atom is 0.331 e. The number of phenolic OH excluding ortho intramolecular Hbond substituents is 1. The molecule has 1 unspecified atom stereocenters. The van der Waals surface area contributed by atoms with Crippen LogP contribution < -0.4 is 20.9 Å². The fourth-order valence-corrected chi connectivity index (χ4v) is 4.70. The molecule has 8 nitrogen and oxygen atoms in total. The van der Waals surface area contributed by atoms with Gasteiger partial charge in [0.05, 0.1) is 22.4 Å². The average Bonchev–Trinajstić information content (AvgIpc) is 3.31. The van der Waals surface area contributed by atoms with Crippen molar-refractivity contribution in [2.24, 2.45) is 0 Å². The minimum absolute atomic E-state index is 0.0629. The number of urea groups is 1. The standard InChI is InChI=1S/C21H17FN4O4S2/c1-23-17-9-12-6-7-26(20(28)14(12)11-15(17)22)13-4-5-16(18(27)10-13)24-21(29)25-32(30)19-3-2-8-31-19/h2-11,23,27H,1H3,(H2,24,25,29). The Hall–Kier alpha value is -3.70. The number of rotatable bonds is 5. The molecule has 4 N–H and O–H groups in total. The normalized spacial score (nSPS) is 11.8. The first-order valence-electron chi connectivity index (χ1n) is 9.26. The van der Waals surface area contributed by atoms with E-state index in [1.165, 1.54) is 40.3 Å². The van der Waals surface area contributed by atoms with Crippen molar-refractivity contribution in [2.75, 3.05) is 17.7 Å². The number of nitrogens with one attached hydrogen (secondary N) is 3. The monoisotopic (exact) mass is 472 g/mol. The highest BCUT2D eigenvalue weighted by atomic mass is 32.2. The summed E-state index contributed by atoms with van der Waals surface area (Å²) in [6.45, 7) is 0. The molecule has 0 aliphatic carbocycles. The highest BCUT2D eigenvalue weighted by molar-refractivity contribution is 7.86. The molecule has 0 bridgehead atoms. The molecule has 1 atom stereocenters. The van der Waals surface area contributed by atoms with Gasteiger partial charge in [-0.2, -0.15) is 0 Å². The summed E-state index contributed by atoms with van der Waals surface area (Å²) in [5, 5.41) is 18.0. The van der Waals surface area contributed by atoms with E-state index in [9.17, 15) is 23.3 Å². The predicted molar refractivity (Wildman–Crippen MR) is 124 cm³/mol. The molecule has 0 saturated carbocycles. The summed E-state index contributed by atoms with van der Waals surface area (Å²) in [4.78, 5) is 25.0. The number of amides is 2. The van der Waals surface area contributed by atoms with Gasteiger partial charge < -0.3 is 15.7 Å². The van der Waals surface area contributed by atoms with Gasteiger partial charge in [0.2, 0.25) is 0 Å². The summed E-state index contributed by atoms with van der Waals surface area (Å²) in [7, 11) is -0.136. The summed E-state index contributed by atoms with van der Waals surface area (Å²) >= 11 is 1.24. The number of carbonyl (C=O) groups excluding carboxylic acids is 1. The maximum atomic E-state index is 14.1. The Morgan fingerprint density at radius 3 is 2.66 bits per heavy atom. The van der Waals surface area contributed by atoms with Crippen molar-refractivity contribution >= 4 is 50.5 Å². The second-order valence-electron chi connectivity index (χ2n) is 6.62. The summed E-state index contributed by atoms with van der Waals surface area (Å²) in [5.41, 5.74) is 0.197. The number of pyridine rings is 1. The van der Waals surface area contributed by atoms with Crippen LogP contribution in [0.1, 0.15) is 0 Å². The third-order valence-corrected chi connectivity index (χ3v) is 6.91. The number of nitrogens with zero attached hydrogens (tertiary/aromatic N) is 1. The molecule has 4 aromatic rings. The highest BCUT2D eigenvalue weighted by Gasteiger charge is 2.14.